The molecule has 0 atom stereocenters. The second-order valence-corrected chi connectivity index (χ2v) is 11.3. The topological polar surface area (TPSA) is 120 Å². The van der Waals surface area contributed by atoms with Crippen molar-refractivity contribution < 1.29 is 19.1 Å². The van der Waals surface area contributed by atoms with E-state index in [1.54, 1.807) is 42.6 Å². The molecule has 0 saturated heterocycles. The standard InChI is InChI=1S/C18H23N3O2.C17H21ClN4O2/c1-21(2)14-8-13-19-18(22)20-16-11-6-7-12-17(16)23-15-9-4-3-5-10-15;1-22(2)12-4-11-20-17(23)21-15-5-3-10-19-16(15)24-14-8-6-13(18)7-9-14/h3-7,9-12H,8,13-14H2,1-2H3,(H2,19,20,22);3,5-10H,4,11-12H2,1-2H3,(H2,20,21,23). The van der Waals surface area contributed by atoms with Gasteiger partial charge in [0.1, 0.15) is 17.2 Å². The minimum absolute atomic E-state index is 0.229. The molecule has 250 valence electrons. The Kier molecular flexibility index (Phi) is 15.8. The van der Waals surface area contributed by atoms with Crippen LogP contribution >= 0.6 is 11.6 Å². The number of anilines is 2. The van der Waals surface area contributed by atoms with Crippen molar-refractivity contribution >= 4 is 35.0 Å². The van der Waals surface area contributed by atoms with Gasteiger partial charge in [-0.1, -0.05) is 41.9 Å². The molecule has 0 spiro atoms. The minimum Gasteiger partial charge on any atom is -0.455 e. The molecule has 4 N–H and O–H groups in total. The minimum atomic E-state index is -0.289. The molecule has 4 aromatic rings. The van der Waals surface area contributed by atoms with Gasteiger partial charge in [-0.15, -0.1) is 0 Å². The van der Waals surface area contributed by atoms with E-state index in [1.165, 1.54) is 0 Å². The molecule has 4 amide bonds. The highest BCUT2D eigenvalue weighted by atomic mass is 35.5. The van der Waals surface area contributed by atoms with Crippen LogP contribution in [0, 0.1) is 0 Å². The van der Waals surface area contributed by atoms with Crippen LogP contribution in [0.2, 0.25) is 5.02 Å². The number of carbonyl (C=O) groups is 2. The van der Waals surface area contributed by atoms with Gasteiger partial charge in [0.15, 0.2) is 5.75 Å². The monoisotopic (exact) mass is 661 g/mol. The molecule has 47 heavy (non-hydrogen) atoms. The van der Waals surface area contributed by atoms with Gasteiger partial charge < -0.3 is 40.5 Å². The molecule has 0 bridgehead atoms. The van der Waals surface area contributed by atoms with Crippen LogP contribution < -0.4 is 30.7 Å². The Morgan fingerprint density at radius 2 is 1.19 bits per heavy atom. The molecule has 0 unspecified atom stereocenters. The summed E-state index contributed by atoms with van der Waals surface area (Å²) in [6, 6.07) is 26.7. The summed E-state index contributed by atoms with van der Waals surface area (Å²) in [6.07, 6.45) is 3.38. The third-order valence-corrected chi connectivity index (χ3v) is 6.54. The van der Waals surface area contributed by atoms with Gasteiger partial charge in [-0.2, -0.15) is 0 Å². The molecule has 1 heterocycles. The number of benzene rings is 3. The van der Waals surface area contributed by atoms with Crippen LogP contribution in [0.5, 0.6) is 23.1 Å². The van der Waals surface area contributed by atoms with Gasteiger partial charge in [-0.25, -0.2) is 14.6 Å². The number of halogens is 1. The lowest BCUT2D eigenvalue weighted by Gasteiger charge is -2.13. The fraction of sp³-hybridized carbons (Fsp3) is 0.286. The Hall–Kier alpha value is -4.84. The van der Waals surface area contributed by atoms with E-state index in [0.717, 1.165) is 31.7 Å². The molecule has 4 rings (SSSR count). The van der Waals surface area contributed by atoms with Crippen LogP contribution in [-0.2, 0) is 0 Å². The van der Waals surface area contributed by atoms with Crippen LogP contribution in [0.1, 0.15) is 12.8 Å². The smallest absolute Gasteiger partial charge is 0.319 e. The van der Waals surface area contributed by atoms with E-state index in [1.807, 2.05) is 82.8 Å². The van der Waals surface area contributed by atoms with Crippen molar-refractivity contribution in [1.29, 1.82) is 0 Å². The predicted octanol–water partition coefficient (Wildman–Crippen LogP) is 7.15. The maximum Gasteiger partial charge on any atom is 0.319 e. The van der Waals surface area contributed by atoms with Crippen molar-refractivity contribution in [2.24, 2.45) is 0 Å². The first-order chi connectivity index (χ1) is 22.7. The van der Waals surface area contributed by atoms with E-state index < -0.39 is 0 Å². The quantitative estimate of drug-likeness (QED) is 0.106. The highest BCUT2D eigenvalue weighted by Crippen LogP contribution is 2.29. The molecule has 0 saturated carbocycles. The third kappa shape index (κ3) is 14.9. The summed E-state index contributed by atoms with van der Waals surface area (Å²) in [4.78, 5) is 32.3. The molecular weight excluding hydrogens is 618 g/mol. The third-order valence-electron chi connectivity index (χ3n) is 6.29. The van der Waals surface area contributed by atoms with E-state index in [-0.39, 0.29) is 12.1 Å². The first-order valence-corrected chi connectivity index (χ1v) is 15.7. The van der Waals surface area contributed by atoms with Gasteiger partial charge in [0.2, 0.25) is 5.88 Å². The largest absolute Gasteiger partial charge is 0.455 e. The lowest BCUT2D eigenvalue weighted by Crippen LogP contribution is -2.31. The van der Waals surface area contributed by atoms with Crippen LogP contribution in [0.15, 0.2) is 97.2 Å². The van der Waals surface area contributed by atoms with E-state index in [4.69, 9.17) is 21.1 Å². The Balaban J connectivity index is 0.000000256. The van der Waals surface area contributed by atoms with Gasteiger partial charge in [0, 0.05) is 24.3 Å². The zero-order valence-corrected chi connectivity index (χ0v) is 28.1. The van der Waals surface area contributed by atoms with E-state index in [2.05, 4.69) is 36.1 Å². The lowest BCUT2D eigenvalue weighted by atomic mass is 10.3. The number of carbonyl (C=O) groups excluding carboxylic acids is 2. The molecule has 11 nitrogen and oxygen atoms in total. The number of hydrogen-bond acceptors (Lipinski definition) is 7. The summed E-state index contributed by atoms with van der Waals surface area (Å²) in [7, 11) is 8.01. The van der Waals surface area contributed by atoms with Crippen LogP contribution in [0.3, 0.4) is 0 Å². The number of nitrogens with one attached hydrogen (secondary N) is 4. The van der Waals surface area contributed by atoms with Gasteiger partial charge in [0.25, 0.3) is 0 Å². The zero-order valence-electron chi connectivity index (χ0n) is 27.3. The Morgan fingerprint density at radius 1 is 0.660 bits per heavy atom. The number of nitrogens with zero attached hydrogens (tertiary/aromatic N) is 3. The maximum absolute atomic E-state index is 12.0. The number of ether oxygens (including phenoxy) is 2. The molecule has 0 aliphatic rings. The Labute approximate surface area is 282 Å². The zero-order chi connectivity index (χ0) is 33.9. The summed E-state index contributed by atoms with van der Waals surface area (Å²) < 4.78 is 11.5. The summed E-state index contributed by atoms with van der Waals surface area (Å²) in [5.74, 6) is 2.26. The number of aromatic nitrogens is 1. The number of hydrogen-bond donors (Lipinski definition) is 4. The van der Waals surface area contributed by atoms with Gasteiger partial charge >= 0.3 is 12.1 Å². The number of urea groups is 2. The van der Waals surface area contributed by atoms with Gasteiger partial charge in [-0.05, 0) is 115 Å². The molecule has 0 aliphatic heterocycles. The van der Waals surface area contributed by atoms with Gasteiger partial charge in [0.05, 0.1) is 5.69 Å². The average molecular weight is 662 g/mol. The second-order valence-electron chi connectivity index (χ2n) is 10.9. The Bertz CT molecular complexity index is 1510. The first kappa shape index (κ1) is 36.6. The van der Waals surface area contributed by atoms with Crippen molar-refractivity contribution in [3.8, 4) is 23.1 Å². The maximum atomic E-state index is 12.0. The number of para-hydroxylation sites is 3. The van der Waals surface area contributed by atoms with Crippen molar-refractivity contribution in [3.05, 3.63) is 102 Å². The molecular formula is C35H44ClN7O4. The van der Waals surface area contributed by atoms with E-state index in [9.17, 15) is 9.59 Å². The number of pyridine rings is 1. The molecule has 12 heteroatoms. The molecule has 1 aromatic heterocycles. The lowest BCUT2D eigenvalue weighted by molar-refractivity contribution is 0.250. The highest BCUT2D eigenvalue weighted by molar-refractivity contribution is 6.30. The summed E-state index contributed by atoms with van der Waals surface area (Å²) in [5.41, 5.74) is 1.14. The first-order valence-electron chi connectivity index (χ1n) is 15.3. The SMILES string of the molecule is CN(C)CCCNC(=O)Nc1ccccc1Oc1ccccc1.CN(C)CCCNC(=O)Nc1cccnc1Oc1ccc(Cl)cc1. The molecule has 0 aliphatic carbocycles. The predicted molar refractivity (Wildman–Crippen MR) is 189 cm³/mol. The fourth-order valence-electron chi connectivity index (χ4n) is 3.98. The summed E-state index contributed by atoms with van der Waals surface area (Å²) >= 11 is 5.86. The highest BCUT2D eigenvalue weighted by Gasteiger charge is 2.10. The molecule has 0 fully saturated rings. The average Bonchev–Trinajstić information content (AvgIpc) is 3.05. The van der Waals surface area contributed by atoms with Crippen molar-refractivity contribution in [1.82, 2.24) is 25.4 Å². The van der Waals surface area contributed by atoms with Crippen LogP contribution in [-0.4, -0.2) is 81.2 Å². The van der Waals surface area contributed by atoms with E-state index in [0.29, 0.717) is 46.9 Å². The second kappa shape index (κ2) is 20.3. The fourth-order valence-corrected chi connectivity index (χ4v) is 4.11. The van der Waals surface area contributed by atoms with Crippen LogP contribution in [0.4, 0.5) is 21.0 Å². The number of rotatable bonds is 14. The van der Waals surface area contributed by atoms with Gasteiger partial charge in [-0.3, -0.25) is 0 Å². The summed E-state index contributed by atoms with van der Waals surface area (Å²) in [6.45, 7) is 3.08. The summed E-state index contributed by atoms with van der Waals surface area (Å²) in [5, 5.41) is 11.9. The van der Waals surface area contributed by atoms with E-state index >= 15 is 0 Å². The van der Waals surface area contributed by atoms with Crippen molar-refractivity contribution in [3.63, 3.8) is 0 Å². The molecule has 0 radical (unpaired) electrons. The Morgan fingerprint density at radius 3 is 1.81 bits per heavy atom. The molecule has 3 aromatic carbocycles. The normalized spacial score (nSPS) is 10.4. The van der Waals surface area contributed by atoms with Crippen molar-refractivity contribution in [2.45, 2.75) is 12.8 Å². The van der Waals surface area contributed by atoms with Crippen LogP contribution in [0.25, 0.3) is 0 Å². The van der Waals surface area contributed by atoms with Crippen molar-refractivity contribution in [2.75, 3.05) is 65.0 Å². The number of amides is 4.